The number of thioether (sulfide) groups is 1. The van der Waals surface area contributed by atoms with Crippen molar-refractivity contribution in [3.05, 3.63) is 83.9 Å². The van der Waals surface area contributed by atoms with Crippen molar-refractivity contribution in [2.75, 3.05) is 22.1 Å². The number of hydrogen-bond donors (Lipinski definition) is 2. The van der Waals surface area contributed by atoms with Gasteiger partial charge in [0, 0.05) is 16.1 Å². The van der Waals surface area contributed by atoms with Crippen LogP contribution in [0.1, 0.15) is 20.7 Å². The van der Waals surface area contributed by atoms with Gasteiger partial charge < -0.3 is 10.6 Å². The van der Waals surface area contributed by atoms with E-state index in [4.69, 9.17) is 0 Å². The number of rotatable bonds is 4. The van der Waals surface area contributed by atoms with Gasteiger partial charge in [0.1, 0.15) is 6.54 Å². The summed E-state index contributed by atoms with van der Waals surface area (Å²) in [4.78, 5) is 38.7. The minimum Gasteiger partial charge on any atom is -0.323 e. The number of hydrogen-bond acceptors (Lipinski definition) is 4. The number of para-hydroxylation sites is 2. The Morgan fingerprint density at radius 1 is 0.939 bits per heavy atom. The summed E-state index contributed by atoms with van der Waals surface area (Å²) in [5, 5.41) is 5.25. The van der Waals surface area contributed by atoms with E-state index in [0.29, 0.717) is 17.1 Å². The smallest absolute Gasteiger partial charge is 0.323 e. The van der Waals surface area contributed by atoms with Crippen LogP contribution in [0.25, 0.3) is 0 Å². The van der Waals surface area contributed by atoms with E-state index in [1.54, 1.807) is 24.3 Å². The predicted molar refractivity (Wildman–Crippen MR) is 119 cm³/mol. The summed E-state index contributed by atoms with van der Waals surface area (Å²) < 4.78 is 38.3. The number of carbonyl (C=O) groups excluding carboxylic acids is 3. The molecule has 0 saturated carbocycles. The first-order valence-electron chi connectivity index (χ1n) is 9.68. The van der Waals surface area contributed by atoms with E-state index in [2.05, 4.69) is 10.6 Å². The zero-order valence-corrected chi connectivity index (χ0v) is 17.7. The SMILES string of the molecule is O=C1CN(C(=O)c2ccc(NC(=O)c3ccccc3SC(F)(F)F)cc2)c2ccccc2N1. The lowest BCUT2D eigenvalue weighted by Crippen LogP contribution is -2.42. The predicted octanol–water partition coefficient (Wildman–Crippen LogP) is 5.15. The highest BCUT2D eigenvalue weighted by atomic mass is 32.2. The first kappa shape index (κ1) is 22.4. The molecule has 1 heterocycles. The molecule has 0 fully saturated rings. The molecule has 3 aromatic carbocycles. The molecule has 1 aliphatic rings. The van der Waals surface area contributed by atoms with Crippen molar-refractivity contribution in [3.8, 4) is 0 Å². The van der Waals surface area contributed by atoms with E-state index in [1.807, 2.05) is 0 Å². The summed E-state index contributed by atoms with van der Waals surface area (Å²) in [6.45, 7) is -0.137. The maximum Gasteiger partial charge on any atom is 0.446 e. The lowest BCUT2D eigenvalue weighted by atomic mass is 10.1. The number of fused-ring (bicyclic) bond motifs is 1. The molecule has 0 aliphatic carbocycles. The summed E-state index contributed by atoms with van der Waals surface area (Å²) in [5.41, 5.74) is -2.95. The number of halogens is 3. The molecule has 168 valence electrons. The average molecular weight is 471 g/mol. The normalized spacial score (nSPS) is 13.2. The van der Waals surface area contributed by atoms with Gasteiger partial charge in [-0.15, -0.1) is 0 Å². The lowest BCUT2D eigenvalue weighted by molar-refractivity contribution is -0.115. The molecule has 1 aliphatic heterocycles. The monoisotopic (exact) mass is 471 g/mol. The Kier molecular flexibility index (Phi) is 6.10. The molecule has 6 nitrogen and oxygen atoms in total. The Morgan fingerprint density at radius 3 is 2.33 bits per heavy atom. The van der Waals surface area contributed by atoms with Gasteiger partial charge >= 0.3 is 5.51 Å². The molecule has 10 heteroatoms. The van der Waals surface area contributed by atoms with Crippen molar-refractivity contribution < 1.29 is 27.6 Å². The molecular formula is C23H16F3N3O3S. The third-order valence-electron chi connectivity index (χ3n) is 4.76. The number of carbonyl (C=O) groups is 3. The molecule has 2 N–H and O–H groups in total. The maximum atomic E-state index is 13.0. The van der Waals surface area contributed by atoms with Crippen molar-refractivity contribution in [2.24, 2.45) is 0 Å². The molecule has 0 spiro atoms. The highest BCUT2D eigenvalue weighted by Gasteiger charge is 2.31. The third-order valence-corrected chi connectivity index (χ3v) is 5.57. The van der Waals surface area contributed by atoms with Crippen LogP contribution in [-0.4, -0.2) is 29.8 Å². The van der Waals surface area contributed by atoms with Crippen molar-refractivity contribution in [3.63, 3.8) is 0 Å². The van der Waals surface area contributed by atoms with Gasteiger partial charge in [0.25, 0.3) is 11.8 Å². The fraction of sp³-hybridized carbons (Fsp3) is 0.0870. The second-order valence-corrected chi connectivity index (χ2v) is 8.14. The number of anilines is 3. The zero-order chi connectivity index (χ0) is 23.6. The summed E-state index contributed by atoms with van der Waals surface area (Å²) >= 11 is -0.361. The van der Waals surface area contributed by atoms with E-state index in [9.17, 15) is 27.6 Å². The molecule has 0 atom stereocenters. The van der Waals surface area contributed by atoms with Gasteiger partial charge in [-0.25, -0.2) is 0 Å². The van der Waals surface area contributed by atoms with Crippen LogP contribution in [0.4, 0.5) is 30.2 Å². The van der Waals surface area contributed by atoms with Crippen LogP contribution in [-0.2, 0) is 4.79 Å². The molecule has 33 heavy (non-hydrogen) atoms. The Balaban J connectivity index is 1.50. The van der Waals surface area contributed by atoms with E-state index >= 15 is 0 Å². The highest BCUT2D eigenvalue weighted by molar-refractivity contribution is 8.00. The molecule has 0 radical (unpaired) electrons. The number of alkyl halides is 3. The van der Waals surface area contributed by atoms with Gasteiger partial charge in [-0.1, -0.05) is 24.3 Å². The highest BCUT2D eigenvalue weighted by Crippen LogP contribution is 2.38. The summed E-state index contributed by atoms with van der Waals surface area (Å²) in [6, 6.07) is 18.2. The molecule has 0 bridgehead atoms. The van der Waals surface area contributed by atoms with Crippen LogP contribution >= 0.6 is 11.8 Å². The van der Waals surface area contributed by atoms with E-state index in [1.165, 1.54) is 53.4 Å². The van der Waals surface area contributed by atoms with Crippen LogP contribution < -0.4 is 15.5 Å². The second kappa shape index (κ2) is 8.99. The molecule has 0 unspecified atom stereocenters. The van der Waals surface area contributed by atoms with Gasteiger partial charge in [0.05, 0.1) is 16.9 Å². The summed E-state index contributed by atoms with van der Waals surface area (Å²) in [7, 11) is 0. The van der Waals surface area contributed by atoms with Crippen molar-refractivity contribution >= 4 is 46.5 Å². The number of nitrogens with zero attached hydrogens (tertiary/aromatic N) is 1. The van der Waals surface area contributed by atoms with Gasteiger partial charge in [-0.3, -0.25) is 19.3 Å². The Labute approximate surface area is 190 Å². The zero-order valence-electron chi connectivity index (χ0n) is 16.8. The van der Waals surface area contributed by atoms with Crippen LogP contribution in [0.3, 0.4) is 0 Å². The van der Waals surface area contributed by atoms with Crippen LogP contribution in [0.5, 0.6) is 0 Å². The minimum absolute atomic E-state index is 0.115. The molecule has 0 aromatic heterocycles. The Morgan fingerprint density at radius 2 is 1.61 bits per heavy atom. The maximum absolute atomic E-state index is 13.0. The quantitative estimate of drug-likeness (QED) is 0.516. The van der Waals surface area contributed by atoms with Crippen LogP contribution in [0.2, 0.25) is 0 Å². The van der Waals surface area contributed by atoms with Crippen LogP contribution in [0, 0.1) is 0 Å². The second-order valence-electron chi connectivity index (χ2n) is 7.03. The molecule has 3 amide bonds. The molecule has 4 rings (SSSR count). The van der Waals surface area contributed by atoms with Crippen LogP contribution in [0.15, 0.2) is 77.7 Å². The van der Waals surface area contributed by atoms with E-state index < -0.39 is 17.3 Å². The average Bonchev–Trinajstić information content (AvgIpc) is 2.78. The van der Waals surface area contributed by atoms with E-state index in [0.717, 1.165) is 0 Å². The first-order valence-corrected chi connectivity index (χ1v) is 10.5. The number of amides is 3. The Bertz CT molecular complexity index is 1230. The van der Waals surface area contributed by atoms with Gasteiger partial charge in [-0.05, 0) is 60.3 Å². The first-order chi connectivity index (χ1) is 15.7. The molecule has 3 aromatic rings. The topological polar surface area (TPSA) is 78.5 Å². The van der Waals surface area contributed by atoms with Crippen molar-refractivity contribution in [2.45, 2.75) is 10.4 Å². The molecular weight excluding hydrogens is 455 g/mol. The molecule has 0 saturated heterocycles. The lowest BCUT2D eigenvalue weighted by Gasteiger charge is -2.29. The summed E-state index contributed by atoms with van der Waals surface area (Å²) in [5.74, 6) is -1.42. The van der Waals surface area contributed by atoms with E-state index in [-0.39, 0.29) is 40.2 Å². The fourth-order valence-corrected chi connectivity index (χ4v) is 4.00. The Hall–Kier alpha value is -3.79. The third kappa shape index (κ3) is 5.17. The minimum atomic E-state index is -4.53. The summed E-state index contributed by atoms with van der Waals surface area (Å²) in [6.07, 6.45) is 0. The van der Waals surface area contributed by atoms with Gasteiger partial charge in [0.15, 0.2) is 0 Å². The van der Waals surface area contributed by atoms with Crippen molar-refractivity contribution in [1.29, 1.82) is 0 Å². The van der Waals surface area contributed by atoms with Gasteiger partial charge in [-0.2, -0.15) is 13.2 Å². The standard InChI is InChI=1S/C23H16F3N3O3S/c24-23(25,26)33-19-8-4-1-5-16(19)21(31)27-15-11-9-14(10-12-15)22(32)29-13-20(30)28-17-6-2-3-7-18(17)29/h1-12H,13H2,(H,27,31)(H,28,30). The fourth-order valence-electron chi connectivity index (χ4n) is 3.33. The van der Waals surface area contributed by atoms with Gasteiger partial charge in [0.2, 0.25) is 5.91 Å². The number of benzene rings is 3. The largest absolute Gasteiger partial charge is 0.446 e. The number of nitrogens with one attached hydrogen (secondary N) is 2. The van der Waals surface area contributed by atoms with Crippen molar-refractivity contribution in [1.82, 2.24) is 0 Å².